The molecule has 0 spiro atoms. The standard InChI is InChI=1S/C20H27N7O2/c1-13(2)27-16-11-18(22-12-15(16)23-20(27)29-4)24-17-5-8-21-19(25-17)26-9-6-14(28-3)7-10-26/h5,8,11-14H,6-7,9-10H2,1-4H3,(H,21,22,24,25). The first-order valence-corrected chi connectivity index (χ1v) is 9.89. The molecule has 0 aromatic carbocycles. The number of methoxy groups -OCH3 is 2. The molecule has 0 amide bonds. The number of hydrogen-bond acceptors (Lipinski definition) is 8. The Morgan fingerprint density at radius 1 is 1.10 bits per heavy atom. The van der Waals surface area contributed by atoms with Gasteiger partial charge in [-0.1, -0.05) is 0 Å². The molecule has 0 saturated carbocycles. The molecular formula is C20H27N7O2. The molecule has 9 heteroatoms. The van der Waals surface area contributed by atoms with Crippen molar-refractivity contribution in [2.24, 2.45) is 0 Å². The van der Waals surface area contributed by atoms with E-state index < -0.39 is 0 Å². The number of aromatic nitrogens is 5. The van der Waals surface area contributed by atoms with Crippen molar-refractivity contribution in [1.29, 1.82) is 0 Å². The third-order valence-corrected chi connectivity index (χ3v) is 5.20. The average molecular weight is 397 g/mol. The van der Waals surface area contributed by atoms with E-state index in [1.54, 1.807) is 26.6 Å². The Morgan fingerprint density at radius 3 is 2.59 bits per heavy atom. The zero-order valence-electron chi connectivity index (χ0n) is 17.3. The van der Waals surface area contributed by atoms with E-state index in [2.05, 4.69) is 44.0 Å². The summed E-state index contributed by atoms with van der Waals surface area (Å²) in [6.45, 7) is 5.97. The van der Waals surface area contributed by atoms with Gasteiger partial charge in [-0.3, -0.25) is 4.57 Å². The molecule has 1 fully saturated rings. The predicted molar refractivity (Wildman–Crippen MR) is 112 cm³/mol. The minimum atomic E-state index is 0.214. The summed E-state index contributed by atoms with van der Waals surface area (Å²) < 4.78 is 12.9. The molecule has 154 valence electrons. The maximum Gasteiger partial charge on any atom is 0.297 e. The Morgan fingerprint density at radius 2 is 1.90 bits per heavy atom. The minimum absolute atomic E-state index is 0.214. The number of ether oxygens (including phenoxy) is 2. The molecule has 1 saturated heterocycles. The van der Waals surface area contributed by atoms with E-state index >= 15 is 0 Å². The molecule has 0 atom stereocenters. The van der Waals surface area contributed by atoms with Crippen molar-refractivity contribution in [3.8, 4) is 6.01 Å². The second kappa shape index (κ2) is 8.20. The van der Waals surface area contributed by atoms with Gasteiger partial charge in [-0.25, -0.2) is 9.97 Å². The van der Waals surface area contributed by atoms with E-state index in [0.29, 0.717) is 23.8 Å². The number of piperidine rings is 1. The maximum atomic E-state index is 5.45. The fourth-order valence-electron chi connectivity index (χ4n) is 3.68. The van der Waals surface area contributed by atoms with Crippen LogP contribution in [0.4, 0.5) is 17.6 Å². The topological polar surface area (TPSA) is 90.2 Å². The second-order valence-electron chi connectivity index (χ2n) is 7.41. The van der Waals surface area contributed by atoms with Gasteiger partial charge in [0.2, 0.25) is 5.95 Å². The molecule has 0 unspecified atom stereocenters. The Labute approximate surface area is 170 Å². The van der Waals surface area contributed by atoms with E-state index in [9.17, 15) is 0 Å². The summed E-state index contributed by atoms with van der Waals surface area (Å²) in [5, 5.41) is 3.29. The highest BCUT2D eigenvalue weighted by atomic mass is 16.5. The summed E-state index contributed by atoms with van der Waals surface area (Å²) in [7, 11) is 3.40. The van der Waals surface area contributed by atoms with Crippen molar-refractivity contribution < 1.29 is 9.47 Å². The van der Waals surface area contributed by atoms with E-state index in [1.807, 2.05) is 16.7 Å². The lowest BCUT2D eigenvalue weighted by Crippen LogP contribution is -2.37. The summed E-state index contributed by atoms with van der Waals surface area (Å²) in [5.74, 6) is 2.13. The summed E-state index contributed by atoms with van der Waals surface area (Å²) in [4.78, 5) is 20.3. The molecule has 9 nitrogen and oxygen atoms in total. The molecule has 0 radical (unpaired) electrons. The van der Waals surface area contributed by atoms with Gasteiger partial charge in [0.25, 0.3) is 6.01 Å². The summed E-state index contributed by atoms with van der Waals surface area (Å²) in [6.07, 6.45) is 5.81. The molecule has 4 heterocycles. The molecule has 1 aliphatic heterocycles. The Kier molecular flexibility index (Phi) is 5.48. The van der Waals surface area contributed by atoms with Gasteiger partial charge in [0, 0.05) is 38.5 Å². The third-order valence-electron chi connectivity index (χ3n) is 5.20. The van der Waals surface area contributed by atoms with E-state index in [-0.39, 0.29) is 6.04 Å². The first-order valence-electron chi connectivity index (χ1n) is 9.89. The minimum Gasteiger partial charge on any atom is -0.468 e. The Balaban J connectivity index is 1.56. The molecule has 4 rings (SSSR count). The molecule has 3 aromatic heterocycles. The molecule has 1 aliphatic rings. The van der Waals surface area contributed by atoms with E-state index in [1.165, 1.54) is 0 Å². The van der Waals surface area contributed by atoms with Crippen LogP contribution in [0.2, 0.25) is 0 Å². The van der Waals surface area contributed by atoms with Crippen LogP contribution in [0.1, 0.15) is 32.7 Å². The van der Waals surface area contributed by atoms with E-state index in [0.717, 1.165) is 42.9 Å². The van der Waals surface area contributed by atoms with Crippen molar-refractivity contribution in [1.82, 2.24) is 24.5 Å². The molecule has 0 aliphatic carbocycles. The molecule has 29 heavy (non-hydrogen) atoms. The summed E-state index contributed by atoms with van der Waals surface area (Å²) in [6, 6.07) is 4.61. The van der Waals surface area contributed by atoms with Gasteiger partial charge in [-0.2, -0.15) is 9.97 Å². The lowest BCUT2D eigenvalue weighted by atomic mass is 10.1. The van der Waals surface area contributed by atoms with Gasteiger partial charge in [0.1, 0.15) is 17.2 Å². The van der Waals surface area contributed by atoms with Gasteiger partial charge in [-0.05, 0) is 32.8 Å². The maximum absolute atomic E-state index is 5.45. The number of nitrogens with one attached hydrogen (secondary N) is 1. The largest absolute Gasteiger partial charge is 0.468 e. The van der Waals surface area contributed by atoms with Crippen LogP contribution in [-0.2, 0) is 4.74 Å². The highest BCUT2D eigenvalue weighted by Crippen LogP contribution is 2.28. The second-order valence-corrected chi connectivity index (χ2v) is 7.41. The van der Waals surface area contributed by atoms with Crippen molar-refractivity contribution in [2.75, 3.05) is 37.5 Å². The summed E-state index contributed by atoms with van der Waals surface area (Å²) >= 11 is 0. The number of fused-ring (bicyclic) bond motifs is 1. The molecule has 1 N–H and O–H groups in total. The zero-order valence-corrected chi connectivity index (χ0v) is 17.3. The molecule has 0 bridgehead atoms. The van der Waals surface area contributed by atoms with Gasteiger partial charge >= 0.3 is 0 Å². The lowest BCUT2D eigenvalue weighted by Gasteiger charge is -2.31. The van der Waals surface area contributed by atoms with Crippen LogP contribution in [0.3, 0.4) is 0 Å². The van der Waals surface area contributed by atoms with Gasteiger partial charge in [0.05, 0.1) is 24.9 Å². The summed E-state index contributed by atoms with van der Waals surface area (Å²) in [5.41, 5.74) is 1.76. The van der Waals surface area contributed by atoms with Crippen molar-refractivity contribution in [3.63, 3.8) is 0 Å². The van der Waals surface area contributed by atoms with Crippen LogP contribution in [0.5, 0.6) is 6.01 Å². The average Bonchev–Trinajstić information content (AvgIpc) is 3.12. The Hall–Kier alpha value is -2.94. The smallest absolute Gasteiger partial charge is 0.297 e. The van der Waals surface area contributed by atoms with Crippen LogP contribution in [0.15, 0.2) is 24.5 Å². The SMILES string of the molecule is COc1nc2cnc(Nc3ccnc(N4CCC(OC)CC4)n3)cc2n1C(C)C. The van der Waals surface area contributed by atoms with E-state index in [4.69, 9.17) is 9.47 Å². The number of rotatable bonds is 6. The fraction of sp³-hybridized carbons (Fsp3) is 0.500. The normalized spacial score (nSPS) is 15.3. The number of anilines is 3. The monoisotopic (exact) mass is 397 g/mol. The lowest BCUT2D eigenvalue weighted by molar-refractivity contribution is 0.0816. The highest BCUT2D eigenvalue weighted by molar-refractivity contribution is 5.79. The van der Waals surface area contributed by atoms with Crippen LogP contribution >= 0.6 is 0 Å². The third kappa shape index (κ3) is 3.95. The number of imidazole rings is 1. The van der Waals surface area contributed by atoms with Crippen LogP contribution in [-0.4, -0.2) is 57.9 Å². The first kappa shape index (κ1) is 19.4. The fourth-order valence-corrected chi connectivity index (χ4v) is 3.68. The Bertz CT molecular complexity index is 980. The van der Waals surface area contributed by atoms with Crippen molar-refractivity contribution in [2.45, 2.75) is 38.8 Å². The highest BCUT2D eigenvalue weighted by Gasteiger charge is 2.21. The van der Waals surface area contributed by atoms with Crippen LogP contribution in [0.25, 0.3) is 11.0 Å². The van der Waals surface area contributed by atoms with Crippen molar-refractivity contribution in [3.05, 3.63) is 24.5 Å². The van der Waals surface area contributed by atoms with Gasteiger partial charge in [0.15, 0.2) is 0 Å². The number of pyridine rings is 1. The molecular weight excluding hydrogens is 370 g/mol. The van der Waals surface area contributed by atoms with Crippen LogP contribution in [0, 0.1) is 0 Å². The van der Waals surface area contributed by atoms with Crippen LogP contribution < -0.4 is 15.0 Å². The first-order chi connectivity index (χ1) is 14.1. The number of hydrogen-bond donors (Lipinski definition) is 1. The quantitative estimate of drug-likeness (QED) is 0.678. The van der Waals surface area contributed by atoms with Gasteiger partial charge < -0.3 is 19.7 Å². The number of nitrogens with zero attached hydrogens (tertiary/aromatic N) is 6. The van der Waals surface area contributed by atoms with Crippen molar-refractivity contribution >= 4 is 28.6 Å². The predicted octanol–water partition coefficient (Wildman–Crippen LogP) is 3.17. The van der Waals surface area contributed by atoms with Gasteiger partial charge in [-0.15, -0.1) is 0 Å². The zero-order chi connectivity index (χ0) is 20.4. The molecule has 3 aromatic rings.